The maximum atomic E-state index is 12.0. The molecule has 104 valence electrons. The number of guanidine groups is 1. The zero-order valence-corrected chi connectivity index (χ0v) is 11.9. The Morgan fingerprint density at radius 2 is 2.05 bits per heavy atom. The molecule has 1 amide bonds. The van der Waals surface area contributed by atoms with Gasteiger partial charge in [-0.2, -0.15) is 0 Å². The lowest BCUT2D eigenvalue weighted by molar-refractivity contribution is -0.129. The van der Waals surface area contributed by atoms with E-state index in [1.165, 1.54) is 4.90 Å². The van der Waals surface area contributed by atoms with E-state index in [4.69, 9.17) is 5.41 Å². The van der Waals surface area contributed by atoms with Crippen LogP contribution < -0.4 is 5.32 Å². The number of hydrogen-bond donors (Lipinski definition) is 2. The second-order valence-corrected chi connectivity index (χ2v) is 5.64. The van der Waals surface area contributed by atoms with Crippen LogP contribution in [-0.2, 0) is 17.4 Å². The number of nitrogens with one attached hydrogen (secondary N) is 2. The molecular weight excluding hydrogens is 252 g/mol. The lowest BCUT2D eigenvalue weighted by atomic mass is 9.86. The maximum absolute atomic E-state index is 12.0. The molecule has 0 unspecified atom stereocenters. The SMILES string of the molecule is CN1C(=N)N[C@](C)(c2ccc3c(ccn3C)c2)CC1=O. The van der Waals surface area contributed by atoms with Crippen molar-refractivity contribution < 1.29 is 4.79 Å². The van der Waals surface area contributed by atoms with E-state index in [0.717, 1.165) is 16.5 Å². The van der Waals surface area contributed by atoms with Crippen molar-refractivity contribution in [2.24, 2.45) is 7.05 Å². The van der Waals surface area contributed by atoms with Crippen molar-refractivity contribution in [1.82, 2.24) is 14.8 Å². The topological polar surface area (TPSA) is 61.1 Å². The van der Waals surface area contributed by atoms with Crippen molar-refractivity contribution in [3.8, 4) is 0 Å². The Kier molecular flexibility index (Phi) is 2.61. The number of rotatable bonds is 1. The molecule has 1 aliphatic heterocycles. The average molecular weight is 270 g/mol. The number of amides is 1. The van der Waals surface area contributed by atoms with Gasteiger partial charge in [-0.05, 0) is 36.1 Å². The maximum Gasteiger partial charge on any atom is 0.231 e. The number of benzene rings is 1. The van der Waals surface area contributed by atoms with Crippen LogP contribution in [0.1, 0.15) is 18.9 Å². The van der Waals surface area contributed by atoms with E-state index in [0.29, 0.717) is 6.42 Å². The van der Waals surface area contributed by atoms with Crippen molar-refractivity contribution in [2.45, 2.75) is 18.9 Å². The van der Waals surface area contributed by atoms with Gasteiger partial charge in [0, 0.05) is 25.8 Å². The Hall–Kier alpha value is -2.30. The van der Waals surface area contributed by atoms with Gasteiger partial charge in [0.25, 0.3) is 0 Å². The van der Waals surface area contributed by atoms with E-state index in [9.17, 15) is 4.79 Å². The lowest BCUT2D eigenvalue weighted by Gasteiger charge is -2.39. The predicted molar refractivity (Wildman–Crippen MR) is 78.5 cm³/mol. The number of fused-ring (bicyclic) bond motifs is 1. The molecular formula is C15H18N4O. The molecule has 2 aromatic rings. The minimum atomic E-state index is -0.523. The molecule has 1 aromatic heterocycles. The van der Waals surface area contributed by atoms with Crippen molar-refractivity contribution in [3.05, 3.63) is 36.0 Å². The first-order valence-corrected chi connectivity index (χ1v) is 6.59. The fourth-order valence-corrected chi connectivity index (χ4v) is 2.73. The monoisotopic (exact) mass is 270 g/mol. The zero-order chi connectivity index (χ0) is 14.5. The van der Waals surface area contributed by atoms with Gasteiger partial charge in [-0.15, -0.1) is 0 Å². The number of carbonyl (C=O) groups is 1. The standard InChI is InChI=1S/C15H18N4O/c1-15(9-13(20)19(3)14(16)17-15)11-4-5-12-10(8-11)6-7-18(12)2/h4-8H,9H2,1-3H3,(H2,16,17)/t15-/m0/s1. The Labute approximate surface area is 117 Å². The molecule has 20 heavy (non-hydrogen) atoms. The van der Waals surface area contributed by atoms with Crippen molar-refractivity contribution in [3.63, 3.8) is 0 Å². The van der Waals surface area contributed by atoms with Crippen LogP contribution in [0.3, 0.4) is 0 Å². The molecule has 1 aromatic carbocycles. The predicted octanol–water partition coefficient (Wildman–Crippen LogP) is 1.78. The zero-order valence-electron chi connectivity index (χ0n) is 11.9. The van der Waals surface area contributed by atoms with Crippen LogP contribution in [0.2, 0.25) is 0 Å². The molecule has 1 aliphatic rings. The van der Waals surface area contributed by atoms with Gasteiger partial charge in [0.2, 0.25) is 5.91 Å². The molecule has 3 rings (SSSR count). The minimum absolute atomic E-state index is 0.0376. The van der Waals surface area contributed by atoms with Gasteiger partial charge in [0.15, 0.2) is 5.96 Å². The number of aryl methyl sites for hydroxylation is 1. The molecule has 0 bridgehead atoms. The van der Waals surface area contributed by atoms with Crippen molar-refractivity contribution >= 4 is 22.8 Å². The summed E-state index contributed by atoms with van der Waals surface area (Å²) in [7, 11) is 3.63. The molecule has 1 fully saturated rings. The van der Waals surface area contributed by atoms with E-state index < -0.39 is 5.54 Å². The van der Waals surface area contributed by atoms with E-state index in [1.807, 2.05) is 26.2 Å². The van der Waals surface area contributed by atoms with E-state index in [2.05, 4.69) is 28.1 Å². The summed E-state index contributed by atoms with van der Waals surface area (Å²) in [4.78, 5) is 13.4. The Balaban J connectivity index is 2.05. The summed E-state index contributed by atoms with van der Waals surface area (Å²) in [6, 6.07) is 8.24. The highest BCUT2D eigenvalue weighted by Gasteiger charge is 2.37. The van der Waals surface area contributed by atoms with Crippen LogP contribution in [-0.4, -0.2) is 28.4 Å². The van der Waals surface area contributed by atoms with Crippen LogP contribution in [0.5, 0.6) is 0 Å². The summed E-state index contributed by atoms with van der Waals surface area (Å²) in [6.07, 6.45) is 2.37. The van der Waals surface area contributed by atoms with Gasteiger partial charge in [-0.25, -0.2) is 0 Å². The molecule has 0 saturated carbocycles. The third-order valence-corrected chi connectivity index (χ3v) is 4.13. The highest BCUT2D eigenvalue weighted by molar-refractivity contribution is 5.99. The summed E-state index contributed by atoms with van der Waals surface area (Å²) in [5, 5.41) is 12.2. The van der Waals surface area contributed by atoms with Crippen LogP contribution in [0.25, 0.3) is 10.9 Å². The van der Waals surface area contributed by atoms with Crippen LogP contribution in [0.4, 0.5) is 0 Å². The number of carbonyl (C=O) groups excluding carboxylic acids is 1. The van der Waals surface area contributed by atoms with E-state index >= 15 is 0 Å². The normalized spacial score (nSPS) is 23.2. The highest BCUT2D eigenvalue weighted by atomic mass is 16.2. The van der Waals surface area contributed by atoms with E-state index in [-0.39, 0.29) is 11.9 Å². The van der Waals surface area contributed by atoms with Gasteiger partial charge in [0.05, 0.1) is 12.0 Å². The van der Waals surface area contributed by atoms with Crippen LogP contribution in [0, 0.1) is 5.41 Å². The third-order valence-electron chi connectivity index (χ3n) is 4.13. The van der Waals surface area contributed by atoms with Gasteiger partial charge >= 0.3 is 0 Å². The Morgan fingerprint density at radius 1 is 1.30 bits per heavy atom. The first-order valence-electron chi connectivity index (χ1n) is 6.59. The molecule has 5 nitrogen and oxygen atoms in total. The van der Waals surface area contributed by atoms with Crippen LogP contribution in [0.15, 0.2) is 30.5 Å². The summed E-state index contributed by atoms with van der Waals surface area (Å²) in [5.74, 6) is 0.112. The molecule has 5 heteroatoms. The van der Waals surface area contributed by atoms with Crippen LogP contribution >= 0.6 is 0 Å². The smallest absolute Gasteiger partial charge is 0.231 e. The third kappa shape index (κ3) is 1.78. The molecule has 1 saturated heterocycles. The van der Waals surface area contributed by atoms with Gasteiger partial charge in [-0.3, -0.25) is 15.1 Å². The quantitative estimate of drug-likeness (QED) is 0.829. The minimum Gasteiger partial charge on any atom is -0.351 e. The van der Waals surface area contributed by atoms with Gasteiger partial charge in [0.1, 0.15) is 0 Å². The second-order valence-electron chi connectivity index (χ2n) is 5.64. The molecule has 2 N–H and O–H groups in total. The Morgan fingerprint density at radius 3 is 2.75 bits per heavy atom. The molecule has 0 radical (unpaired) electrons. The van der Waals surface area contributed by atoms with Crippen molar-refractivity contribution in [2.75, 3.05) is 7.05 Å². The lowest BCUT2D eigenvalue weighted by Crippen LogP contribution is -2.58. The number of hydrogen-bond acceptors (Lipinski definition) is 2. The number of nitrogens with zero attached hydrogens (tertiary/aromatic N) is 2. The molecule has 2 heterocycles. The number of aromatic nitrogens is 1. The van der Waals surface area contributed by atoms with Crippen molar-refractivity contribution in [1.29, 1.82) is 5.41 Å². The average Bonchev–Trinajstić information content (AvgIpc) is 2.77. The van der Waals surface area contributed by atoms with Gasteiger partial charge in [-0.1, -0.05) is 6.07 Å². The fraction of sp³-hybridized carbons (Fsp3) is 0.333. The largest absolute Gasteiger partial charge is 0.351 e. The summed E-state index contributed by atoms with van der Waals surface area (Å²) < 4.78 is 2.07. The summed E-state index contributed by atoms with van der Waals surface area (Å²) in [5.41, 5.74) is 1.67. The second kappa shape index (κ2) is 4.10. The highest BCUT2D eigenvalue weighted by Crippen LogP contribution is 2.30. The first-order chi connectivity index (χ1) is 9.40. The molecule has 0 aliphatic carbocycles. The summed E-state index contributed by atoms with van der Waals surface area (Å²) >= 11 is 0. The Bertz CT molecular complexity index is 698. The molecule has 1 atom stereocenters. The van der Waals surface area contributed by atoms with E-state index in [1.54, 1.807) is 7.05 Å². The fourth-order valence-electron chi connectivity index (χ4n) is 2.73. The van der Waals surface area contributed by atoms with Gasteiger partial charge < -0.3 is 9.88 Å². The molecule has 0 spiro atoms. The first kappa shape index (κ1) is 12.7. The summed E-state index contributed by atoms with van der Waals surface area (Å²) in [6.45, 7) is 1.97.